The number of nitrogen functional groups attached to an aromatic ring is 3. The van der Waals surface area contributed by atoms with Crippen molar-refractivity contribution in [1.82, 2.24) is 25.2 Å². The Labute approximate surface area is 222 Å². The average molecular weight is 564 g/mol. The Hall–Kier alpha value is -3.83. The molecule has 2 aliphatic rings. The van der Waals surface area contributed by atoms with Gasteiger partial charge in [-0.1, -0.05) is 17.8 Å². The molecular weight excluding hydrogens is 542 g/mol. The van der Waals surface area contributed by atoms with Gasteiger partial charge in [0.05, 0.1) is 0 Å². The first kappa shape index (κ1) is 26.2. The second-order valence-corrected chi connectivity index (χ2v) is 10.5. The molecule has 0 aliphatic carbocycles. The first-order chi connectivity index (χ1) is 17.7. The highest BCUT2D eigenvalue weighted by Crippen LogP contribution is 2.41. The number of nitrogens with one attached hydrogen (secondary N) is 1. The Balaban J connectivity index is 1.49. The van der Waals surface area contributed by atoms with Crippen LogP contribution in [0.1, 0.15) is 5.69 Å². The van der Waals surface area contributed by atoms with Gasteiger partial charge in [-0.05, 0) is 5.57 Å². The minimum Gasteiger partial charge on any atom is -0.477 e. The van der Waals surface area contributed by atoms with Crippen LogP contribution in [0.5, 0.6) is 0 Å². The highest BCUT2D eigenvalue weighted by molar-refractivity contribution is 8.01. The van der Waals surface area contributed by atoms with Crippen molar-refractivity contribution >= 4 is 75.3 Å². The first-order valence-electron chi connectivity index (χ1n) is 10.5. The molecule has 37 heavy (non-hydrogen) atoms. The fourth-order valence-corrected chi connectivity index (χ4v) is 6.40. The number of amides is 2. The maximum Gasteiger partial charge on any atom is 0.352 e. The molecule has 194 valence electrons. The summed E-state index contributed by atoms with van der Waals surface area (Å²) in [5.74, 6) is -1.78. The van der Waals surface area contributed by atoms with Gasteiger partial charge >= 0.3 is 5.97 Å². The molecule has 0 saturated carbocycles. The van der Waals surface area contributed by atoms with Gasteiger partial charge in [0.25, 0.3) is 11.8 Å². The van der Waals surface area contributed by atoms with Gasteiger partial charge < -0.3 is 32.5 Å². The van der Waals surface area contributed by atoms with Gasteiger partial charge in [-0.15, -0.1) is 34.9 Å². The lowest BCUT2D eigenvalue weighted by molar-refractivity contribution is -0.150. The number of carbonyl (C=O) groups excluding carboxylic acids is 2. The fourth-order valence-electron chi connectivity index (χ4n) is 3.46. The Morgan fingerprint density at radius 3 is 2.78 bits per heavy atom. The molecule has 0 bridgehead atoms. The zero-order chi connectivity index (χ0) is 26.7. The van der Waals surface area contributed by atoms with Crippen LogP contribution >= 0.6 is 34.9 Å². The van der Waals surface area contributed by atoms with E-state index in [0.29, 0.717) is 16.4 Å². The van der Waals surface area contributed by atoms with Gasteiger partial charge in [-0.25, -0.2) is 14.8 Å². The molecule has 2 aliphatic heterocycles. The molecule has 2 aromatic heterocycles. The van der Waals surface area contributed by atoms with Gasteiger partial charge in [-0.3, -0.25) is 14.5 Å². The predicted octanol–water partition coefficient (Wildman–Crippen LogP) is 0.117. The summed E-state index contributed by atoms with van der Waals surface area (Å²) < 4.78 is 0. The fraction of sp³-hybridized carbons (Fsp3) is 0.250. The van der Waals surface area contributed by atoms with Crippen molar-refractivity contribution in [2.24, 2.45) is 5.16 Å². The topological polar surface area (TPSA) is 225 Å². The predicted molar refractivity (Wildman–Crippen MR) is 140 cm³/mol. The number of thioether (sulfide) groups is 2. The molecule has 4 heterocycles. The summed E-state index contributed by atoms with van der Waals surface area (Å²) in [6, 6.07) is 0.553. The van der Waals surface area contributed by atoms with E-state index in [2.05, 4.69) is 32.0 Å². The number of carboxylic acid groups (broad SMARTS) is 1. The van der Waals surface area contributed by atoms with E-state index in [1.165, 1.54) is 45.9 Å². The van der Waals surface area contributed by atoms with Crippen LogP contribution in [-0.4, -0.2) is 78.0 Å². The van der Waals surface area contributed by atoms with Gasteiger partial charge in [0, 0.05) is 23.0 Å². The third-order valence-corrected chi connectivity index (χ3v) is 8.01. The largest absolute Gasteiger partial charge is 0.477 e. The lowest BCUT2D eigenvalue weighted by atomic mass is 10.0. The second kappa shape index (κ2) is 11.1. The summed E-state index contributed by atoms with van der Waals surface area (Å²) in [4.78, 5) is 56.3. The number of carboxylic acids is 1. The molecule has 2 aromatic rings. The molecule has 0 spiro atoms. The van der Waals surface area contributed by atoms with Crippen LogP contribution < -0.4 is 22.5 Å². The number of carbonyl (C=O) groups is 3. The zero-order valence-electron chi connectivity index (χ0n) is 19.0. The number of fused-ring (bicyclic) bond motifs is 1. The van der Waals surface area contributed by atoms with Crippen LogP contribution in [0.2, 0.25) is 0 Å². The highest BCUT2D eigenvalue weighted by atomic mass is 32.2. The van der Waals surface area contributed by atoms with Gasteiger partial charge in [0.1, 0.15) is 40.3 Å². The number of anilines is 3. The molecule has 1 fully saturated rings. The summed E-state index contributed by atoms with van der Waals surface area (Å²) in [7, 11) is 0. The number of thiazole rings is 1. The molecule has 2 amide bonds. The van der Waals surface area contributed by atoms with Crippen molar-refractivity contribution in [3.8, 4) is 0 Å². The summed E-state index contributed by atoms with van der Waals surface area (Å²) >= 11 is 3.66. The molecule has 0 aromatic carbocycles. The average Bonchev–Trinajstić information content (AvgIpc) is 3.28. The zero-order valence-corrected chi connectivity index (χ0v) is 21.4. The van der Waals surface area contributed by atoms with Crippen LogP contribution in [0.15, 0.2) is 45.6 Å². The minimum absolute atomic E-state index is 0.00247. The Bertz CT molecular complexity index is 1310. The van der Waals surface area contributed by atoms with E-state index in [0.717, 1.165) is 11.3 Å². The first-order valence-corrected chi connectivity index (χ1v) is 13.4. The maximum absolute atomic E-state index is 13.0. The number of oxime groups is 1. The number of nitrogens with zero attached hydrogens (tertiary/aromatic N) is 5. The number of hydrogen-bond donors (Lipinski definition) is 5. The van der Waals surface area contributed by atoms with E-state index >= 15 is 0 Å². The number of hydrogen-bond acceptors (Lipinski definition) is 14. The normalized spacial score (nSPS) is 19.2. The summed E-state index contributed by atoms with van der Waals surface area (Å²) in [5, 5.41) is 17.9. The molecule has 14 nitrogen and oxygen atoms in total. The molecule has 2 atom stereocenters. The monoisotopic (exact) mass is 563 g/mol. The van der Waals surface area contributed by atoms with Crippen LogP contribution in [0.25, 0.3) is 0 Å². The number of rotatable bonds is 10. The molecule has 17 heteroatoms. The molecular formula is C20H21N9O5S3. The van der Waals surface area contributed by atoms with Crippen molar-refractivity contribution in [3.05, 3.63) is 41.1 Å². The molecule has 0 radical (unpaired) electrons. The van der Waals surface area contributed by atoms with E-state index in [4.69, 9.17) is 22.0 Å². The second-order valence-electron chi connectivity index (χ2n) is 7.49. The summed E-state index contributed by atoms with van der Waals surface area (Å²) in [6.45, 7) is 3.57. The number of β-lactam (4-membered cyclic amide) rings is 1. The molecule has 0 unspecified atom stereocenters. The molecule has 1 saturated heterocycles. The minimum atomic E-state index is -1.25. The molecule has 4 rings (SSSR count). The number of aliphatic carboxylic acids is 1. The lowest BCUT2D eigenvalue weighted by Gasteiger charge is -2.49. The van der Waals surface area contributed by atoms with E-state index in [1.807, 2.05) is 0 Å². The lowest BCUT2D eigenvalue weighted by Crippen LogP contribution is -2.71. The van der Waals surface area contributed by atoms with Gasteiger partial charge in [-0.2, -0.15) is 4.98 Å². The third-order valence-electron chi connectivity index (χ3n) is 5.00. The van der Waals surface area contributed by atoms with E-state index < -0.39 is 29.2 Å². The Morgan fingerprint density at radius 1 is 1.35 bits per heavy atom. The van der Waals surface area contributed by atoms with Gasteiger partial charge in [0.2, 0.25) is 5.95 Å². The Kier molecular flexibility index (Phi) is 7.84. The van der Waals surface area contributed by atoms with Crippen molar-refractivity contribution in [3.63, 3.8) is 0 Å². The summed E-state index contributed by atoms with van der Waals surface area (Å²) in [6.07, 6.45) is 1.45. The number of nitrogens with two attached hydrogens (primary N) is 3. The number of aromatic nitrogens is 3. The summed E-state index contributed by atoms with van der Waals surface area (Å²) in [5.41, 5.74) is 17.4. The van der Waals surface area contributed by atoms with Crippen LogP contribution in [0, 0.1) is 0 Å². The standard InChI is InChI=1S/C20H21N9O5S3/c1-2-3-34-28-12(9-7-37-20(23)24-9)15(30)27-13-16(31)29-14(18(32)33)8(6-36-17(13)29)5-35-11-4-10(21)25-19(22)26-11/h2,4,7,13,17H,1,3,5-6H2,(H2,23,24)(H,27,30)(H,32,33)(H4,21,22,25,26)/b28-12-/t13-,17-/m1/s1. The quantitative estimate of drug-likeness (QED) is 0.0493. The van der Waals surface area contributed by atoms with Crippen molar-refractivity contribution in [2.75, 3.05) is 35.3 Å². The smallest absolute Gasteiger partial charge is 0.352 e. The molecule has 8 N–H and O–H groups in total. The van der Waals surface area contributed by atoms with E-state index in [1.54, 1.807) is 0 Å². The third kappa shape index (κ3) is 5.62. The van der Waals surface area contributed by atoms with E-state index in [9.17, 15) is 19.5 Å². The SMILES string of the molecule is C=CCO/N=C(\C(=O)N[C@@H]1C(=O)N2C(C(=O)O)=C(CSc3cc(N)nc(N)n3)CS[C@H]12)c1csc(N)n1. The van der Waals surface area contributed by atoms with Crippen molar-refractivity contribution in [2.45, 2.75) is 16.4 Å². The van der Waals surface area contributed by atoms with Crippen LogP contribution in [0.3, 0.4) is 0 Å². The van der Waals surface area contributed by atoms with Crippen LogP contribution in [0.4, 0.5) is 16.9 Å². The van der Waals surface area contributed by atoms with Crippen molar-refractivity contribution in [1.29, 1.82) is 0 Å². The van der Waals surface area contributed by atoms with Crippen molar-refractivity contribution < 1.29 is 24.3 Å². The van der Waals surface area contributed by atoms with E-state index in [-0.39, 0.29) is 46.4 Å². The van der Waals surface area contributed by atoms with Gasteiger partial charge in [0.15, 0.2) is 10.8 Å². The highest BCUT2D eigenvalue weighted by Gasteiger charge is 2.54. The van der Waals surface area contributed by atoms with Crippen LogP contribution in [-0.2, 0) is 19.2 Å². The maximum atomic E-state index is 13.0. The Morgan fingerprint density at radius 2 is 2.14 bits per heavy atom.